The van der Waals surface area contributed by atoms with Crippen LogP contribution in [0.4, 0.5) is 5.69 Å². The van der Waals surface area contributed by atoms with E-state index >= 15 is 0 Å². The zero-order valence-corrected chi connectivity index (χ0v) is 13.2. The molecule has 0 aliphatic carbocycles. The van der Waals surface area contributed by atoms with Crippen molar-refractivity contribution in [3.63, 3.8) is 0 Å². The van der Waals surface area contributed by atoms with Gasteiger partial charge in [0.05, 0.1) is 17.6 Å². The minimum absolute atomic E-state index is 0.0497. The Hall–Kier alpha value is -2.08. The van der Waals surface area contributed by atoms with Gasteiger partial charge in [-0.3, -0.25) is 10.1 Å². The second-order valence-corrected chi connectivity index (χ2v) is 5.32. The Labute approximate surface area is 130 Å². The van der Waals surface area contributed by atoms with Gasteiger partial charge in [0.1, 0.15) is 18.1 Å². The molecular weight excluding hydrogens is 338 g/mol. The van der Waals surface area contributed by atoms with Crippen molar-refractivity contribution in [1.82, 2.24) is 0 Å². The second-order valence-electron chi connectivity index (χ2n) is 4.40. The van der Waals surface area contributed by atoms with E-state index in [1.54, 1.807) is 26.2 Å². The summed E-state index contributed by atoms with van der Waals surface area (Å²) in [7, 11) is 1.59. The molecule has 0 atom stereocenters. The zero-order valence-electron chi connectivity index (χ0n) is 11.6. The molecule has 21 heavy (non-hydrogen) atoms. The Kier molecular flexibility index (Phi) is 4.80. The molecule has 0 aromatic heterocycles. The Bertz CT molecular complexity index is 673. The molecule has 0 fully saturated rings. The summed E-state index contributed by atoms with van der Waals surface area (Å²) >= 11 is 3.40. The van der Waals surface area contributed by atoms with Crippen LogP contribution in [0.25, 0.3) is 0 Å². The lowest BCUT2D eigenvalue weighted by atomic mass is 10.2. The van der Waals surface area contributed by atoms with Crippen molar-refractivity contribution in [3.05, 3.63) is 62.1 Å². The number of nitro benzene ring substituents is 1. The normalized spacial score (nSPS) is 10.2. The number of rotatable bonds is 5. The Balaban J connectivity index is 2.23. The smallest absolute Gasteiger partial charge is 0.276 e. The average molecular weight is 352 g/mol. The van der Waals surface area contributed by atoms with Crippen LogP contribution in [0.1, 0.15) is 11.1 Å². The standard InChI is InChI=1S/C15H14BrNO4/c1-10-13(17(18)19)4-3-5-14(10)21-9-11-8-12(16)6-7-15(11)20-2/h3-8H,9H2,1-2H3. The Morgan fingerprint density at radius 3 is 2.67 bits per heavy atom. The van der Waals surface area contributed by atoms with Crippen LogP contribution in [0.2, 0.25) is 0 Å². The molecule has 0 amide bonds. The highest BCUT2D eigenvalue weighted by Gasteiger charge is 2.14. The molecule has 0 unspecified atom stereocenters. The van der Waals surface area contributed by atoms with Crippen LogP contribution in [0.15, 0.2) is 40.9 Å². The quantitative estimate of drug-likeness (QED) is 0.596. The van der Waals surface area contributed by atoms with Crippen LogP contribution < -0.4 is 9.47 Å². The van der Waals surface area contributed by atoms with Gasteiger partial charge in [-0.05, 0) is 31.2 Å². The highest BCUT2D eigenvalue weighted by atomic mass is 79.9. The Morgan fingerprint density at radius 1 is 1.24 bits per heavy atom. The van der Waals surface area contributed by atoms with E-state index in [4.69, 9.17) is 9.47 Å². The molecule has 0 heterocycles. The number of nitrogens with zero attached hydrogens (tertiary/aromatic N) is 1. The van der Waals surface area contributed by atoms with Crippen molar-refractivity contribution < 1.29 is 14.4 Å². The van der Waals surface area contributed by atoms with Crippen LogP contribution >= 0.6 is 15.9 Å². The zero-order chi connectivity index (χ0) is 15.4. The third-order valence-corrected chi connectivity index (χ3v) is 3.57. The van der Waals surface area contributed by atoms with Gasteiger partial charge < -0.3 is 9.47 Å². The first kappa shape index (κ1) is 15.3. The van der Waals surface area contributed by atoms with E-state index in [9.17, 15) is 10.1 Å². The van der Waals surface area contributed by atoms with Crippen molar-refractivity contribution in [3.8, 4) is 11.5 Å². The number of methoxy groups -OCH3 is 1. The van der Waals surface area contributed by atoms with Gasteiger partial charge in [0.25, 0.3) is 5.69 Å². The molecule has 0 saturated heterocycles. The van der Waals surface area contributed by atoms with Gasteiger partial charge in [-0.1, -0.05) is 22.0 Å². The first-order chi connectivity index (χ1) is 10.0. The summed E-state index contributed by atoms with van der Waals surface area (Å²) in [6, 6.07) is 10.4. The largest absolute Gasteiger partial charge is 0.496 e. The highest BCUT2D eigenvalue weighted by Crippen LogP contribution is 2.29. The average Bonchev–Trinajstić information content (AvgIpc) is 2.46. The molecule has 5 nitrogen and oxygen atoms in total. The summed E-state index contributed by atoms with van der Waals surface area (Å²) in [5, 5.41) is 10.9. The van der Waals surface area contributed by atoms with Gasteiger partial charge in [0.15, 0.2) is 0 Å². The van der Waals surface area contributed by atoms with E-state index in [0.717, 1.165) is 10.0 Å². The highest BCUT2D eigenvalue weighted by molar-refractivity contribution is 9.10. The van der Waals surface area contributed by atoms with Gasteiger partial charge in [-0.25, -0.2) is 0 Å². The number of benzene rings is 2. The molecule has 2 aromatic carbocycles. The van der Waals surface area contributed by atoms with Crippen LogP contribution in [-0.4, -0.2) is 12.0 Å². The van der Waals surface area contributed by atoms with Crippen molar-refractivity contribution in [1.29, 1.82) is 0 Å². The fraction of sp³-hybridized carbons (Fsp3) is 0.200. The van der Waals surface area contributed by atoms with Crippen LogP contribution in [0.5, 0.6) is 11.5 Å². The molecule has 0 radical (unpaired) electrons. The van der Waals surface area contributed by atoms with Gasteiger partial charge in [-0.2, -0.15) is 0 Å². The van der Waals surface area contributed by atoms with E-state index in [1.807, 2.05) is 18.2 Å². The molecule has 0 bridgehead atoms. The van der Waals surface area contributed by atoms with Crippen molar-refractivity contribution in [2.24, 2.45) is 0 Å². The lowest BCUT2D eigenvalue weighted by Crippen LogP contribution is -2.01. The summed E-state index contributed by atoms with van der Waals surface area (Å²) < 4.78 is 11.9. The minimum Gasteiger partial charge on any atom is -0.496 e. The number of nitro groups is 1. The molecule has 2 rings (SSSR count). The van der Waals surface area contributed by atoms with E-state index in [2.05, 4.69) is 15.9 Å². The van der Waals surface area contributed by atoms with Crippen molar-refractivity contribution >= 4 is 21.6 Å². The van der Waals surface area contributed by atoms with Crippen molar-refractivity contribution in [2.75, 3.05) is 7.11 Å². The monoisotopic (exact) mass is 351 g/mol. The van der Waals surface area contributed by atoms with Gasteiger partial charge in [0.2, 0.25) is 0 Å². The number of ether oxygens (including phenoxy) is 2. The van der Waals surface area contributed by atoms with Crippen LogP contribution in [0, 0.1) is 17.0 Å². The molecule has 2 aromatic rings. The van der Waals surface area contributed by atoms with Crippen molar-refractivity contribution in [2.45, 2.75) is 13.5 Å². The molecule has 110 valence electrons. The van der Waals surface area contributed by atoms with Gasteiger partial charge in [-0.15, -0.1) is 0 Å². The van der Waals surface area contributed by atoms with E-state index in [1.165, 1.54) is 6.07 Å². The van der Waals surface area contributed by atoms with Crippen LogP contribution in [0.3, 0.4) is 0 Å². The second kappa shape index (κ2) is 6.58. The number of halogens is 1. The molecule has 0 aliphatic heterocycles. The maximum absolute atomic E-state index is 10.9. The summed E-state index contributed by atoms with van der Waals surface area (Å²) in [5.41, 5.74) is 1.42. The summed E-state index contributed by atoms with van der Waals surface area (Å²) in [6.45, 7) is 1.94. The van der Waals surface area contributed by atoms with E-state index in [0.29, 0.717) is 17.1 Å². The summed E-state index contributed by atoms with van der Waals surface area (Å²) in [4.78, 5) is 10.5. The topological polar surface area (TPSA) is 61.6 Å². The fourth-order valence-corrected chi connectivity index (χ4v) is 2.38. The van der Waals surface area contributed by atoms with Crippen LogP contribution in [-0.2, 0) is 6.61 Å². The molecule has 0 spiro atoms. The number of hydrogen-bond acceptors (Lipinski definition) is 4. The molecule has 0 aliphatic rings. The maximum Gasteiger partial charge on any atom is 0.276 e. The number of hydrogen-bond donors (Lipinski definition) is 0. The molecule has 0 saturated carbocycles. The summed E-state index contributed by atoms with van der Waals surface area (Å²) in [6.07, 6.45) is 0. The lowest BCUT2D eigenvalue weighted by Gasteiger charge is -2.12. The molecular formula is C15H14BrNO4. The van der Waals surface area contributed by atoms with Gasteiger partial charge >= 0.3 is 0 Å². The van der Waals surface area contributed by atoms with E-state index < -0.39 is 4.92 Å². The Morgan fingerprint density at radius 2 is 2.00 bits per heavy atom. The third-order valence-electron chi connectivity index (χ3n) is 3.08. The maximum atomic E-state index is 10.9. The SMILES string of the molecule is COc1ccc(Br)cc1COc1cccc([N+](=O)[O-])c1C. The van der Waals surface area contributed by atoms with Gasteiger partial charge in [0, 0.05) is 16.1 Å². The molecule has 0 N–H and O–H groups in total. The third kappa shape index (κ3) is 3.52. The predicted molar refractivity (Wildman–Crippen MR) is 82.9 cm³/mol. The predicted octanol–water partition coefficient (Wildman–Crippen LogP) is 4.25. The first-order valence-corrected chi connectivity index (χ1v) is 7.01. The minimum atomic E-state index is -0.415. The summed E-state index contributed by atoms with van der Waals surface area (Å²) in [5.74, 6) is 1.20. The lowest BCUT2D eigenvalue weighted by molar-refractivity contribution is -0.385. The first-order valence-electron chi connectivity index (χ1n) is 6.22. The fourth-order valence-electron chi connectivity index (χ4n) is 1.97. The van der Waals surface area contributed by atoms with E-state index in [-0.39, 0.29) is 12.3 Å². The molecule has 6 heteroatoms.